The van der Waals surface area contributed by atoms with Gasteiger partial charge in [0.15, 0.2) is 0 Å². The summed E-state index contributed by atoms with van der Waals surface area (Å²) in [4.78, 5) is 0. The molecular formula is C7H9IO. The van der Waals surface area contributed by atoms with Gasteiger partial charge >= 0.3 is 0 Å². The topological polar surface area (TPSA) is 13.1 Å². The van der Waals surface area contributed by atoms with Gasteiger partial charge in [0, 0.05) is 10.8 Å². The zero-order valence-electron chi connectivity index (χ0n) is 5.36. The first-order valence-electron chi connectivity index (χ1n) is 2.94. The van der Waals surface area contributed by atoms with Crippen LogP contribution in [0.3, 0.4) is 0 Å². The Hall–Kier alpha value is 0.01000. The van der Waals surface area contributed by atoms with E-state index in [1.54, 1.807) is 0 Å². The van der Waals surface area contributed by atoms with E-state index in [-0.39, 0.29) is 0 Å². The molecule has 0 bridgehead atoms. The predicted octanol–water partition coefficient (Wildman–Crippen LogP) is 2.57. The van der Waals surface area contributed by atoms with Crippen molar-refractivity contribution in [2.45, 2.75) is 13.3 Å². The zero-order valence-corrected chi connectivity index (χ0v) is 7.51. The zero-order chi connectivity index (χ0) is 6.69. The molecule has 0 aliphatic carbocycles. The van der Waals surface area contributed by atoms with Crippen molar-refractivity contribution >= 4 is 22.6 Å². The Morgan fingerprint density at radius 2 is 2.33 bits per heavy atom. The highest BCUT2D eigenvalue weighted by atomic mass is 127. The molecule has 1 heterocycles. The number of alkyl halides is 1. The van der Waals surface area contributed by atoms with E-state index in [1.807, 2.05) is 19.1 Å². The van der Waals surface area contributed by atoms with Crippen LogP contribution in [0.2, 0.25) is 0 Å². The summed E-state index contributed by atoms with van der Waals surface area (Å²) >= 11 is 2.34. The van der Waals surface area contributed by atoms with E-state index < -0.39 is 0 Å². The maximum Gasteiger partial charge on any atom is 0.104 e. The Labute approximate surface area is 68.6 Å². The highest BCUT2D eigenvalue weighted by Crippen LogP contribution is 2.07. The normalized spacial score (nSPS) is 10.0. The van der Waals surface area contributed by atoms with Crippen LogP contribution in [-0.2, 0) is 6.42 Å². The first-order valence-corrected chi connectivity index (χ1v) is 4.47. The number of aryl methyl sites for hydroxylation is 2. The quantitative estimate of drug-likeness (QED) is 0.568. The fraction of sp³-hybridized carbons (Fsp3) is 0.429. The lowest BCUT2D eigenvalue weighted by Gasteiger charge is -1.87. The van der Waals surface area contributed by atoms with Crippen LogP contribution < -0.4 is 0 Å². The minimum Gasteiger partial charge on any atom is -0.466 e. The van der Waals surface area contributed by atoms with Gasteiger partial charge in [-0.3, -0.25) is 0 Å². The highest BCUT2D eigenvalue weighted by Gasteiger charge is 1.94. The molecule has 1 aromatic heterocycles. The van der Waals surface area contributed by atoms with Gasteiger partial charge in [-0.2, -0.15) is 0 Å². The molecule has 0 aliphatic heterocycles. The smallest absolute Gasteiger partial charge is 0.104 e. The monoisotopic (exact) mass is 236 g/mol. The molecule has 9 heavy (non-hydrogen) atoms. The van der Waals surface area contributed by atoms with Crippen LogP contribution in [0.1, 0.15) is 11.5 Å². The van der Waals surface area contributed by atoms with Gasteiger partial charge in [-0.1, -0.05) is 22.6 Å². The maximum atomic E-state index is 5.32. The van der Waals surface area contributed by atoms with Crippen LogP contribution in [-0.4, -0.2) is 4.43 Å². The molecular weight excluding hydrogens is 227 g/mol. The van der Waals surface area contributed by atoms with Gasteiger partial charge in [0.1, 0.15) is 11.5 Å². The SMILES string of the molecule is Cc1ccc(CCI)o1. The van der Waals surface area contributed by atoms with Crippen molar-refractivity contribution in [2.24, 2.45) is 0 Å². The van der Waals surface area contributed by atoms with Crippen LogP contribution in [0.25, 0.3) is 0 Å². The third-order valence-corrected chi connectivity index (χ3v) is 1.68. The Bertz CT molecular complexity index is 181. The third kappa shape index (κ3) is 2.01. The van der Waals surface area contributed by atoms with Crippen molar-refractivity contribution in [3.05, 3.63) is 23.7 Å². The molecule has 0 saturated heterocycles. The van der Waals surface area contributed by atoms with Crippen molar-refractivity contribution in [3.8, 4) is 0 Å². The van der Waals surface area contributed by atoms with Gasteiger partial charge in [-0.05, 0) is 19.1 Å². The molecule has 0 unspecified atom stereocenters. The largest absolute Gasteiger partial charge is 0.466 e. The summed E-state index contributed by atoms with van der Waals surface area (Å²) in [7, 11) is 0. The molecule has 0 aliphatic rings. The number of furan rings is 1. The Balaban J connectivity index is 2.61. The van der Waals surface area contributed by atoms with E-state index in [0.29, 0.717) is 0 Å². The molecule has 0 saturated carbocycles. The molecule has 2 heteroatoms. The lowest BCUT2D eigenvalue weighted by atomic mass is 10.4. The average Bonchev–Trinajstić information content (AvgIpc) is 2.17. The van der Waals surface area contributed by atoms with Crippen molar-refractivity contribution < 1.29 is 4.42 Å². The van der Waals surface area contributed by atoms with Gasteiger partial charge in [-0.15, -0.1) is 0 Å². The molecule has 0 amide bonds. The first-order chi connectivity index (χ1) is 4.33. The van der Waals surface area contributed by atoms with Crippen molar-refractivity contribution in [2.75, 3.05) is 4.43 Å². The second kappa shape index (κ2) is 3.25. The third-order valence-electron chi connectivity index (χ3n) is 1.14. The molecule has 0 spiro atoms. The average molecular weight is 236 g/mol. The Kier molecular flexibility index (Phi) is 2.57. The van der Waals surface area contributed by atoms with Crippen LogP contribution >= 0.6 is 22.6 Å². The van der Waals surface area contributed by atoms with Gasteiger partial charge in [0.05, 0.1) is 0 Å². The van der Waals surface area contributed by atoms with E-state index in [4.69, 9.17) is 4.42 Å². The molecule has 0 radical (unpaired) electrons. The fourth-order valence-corrected chi connectivity index (χ4v) is 1.24. The van der Waals surface area contributed by atoms with Crippen molar-refractivity contribution in [3.63, 3.8) is 0 Å². The summed E-state index contributed by atoms with van der Waals surface area (Å²) in [6.07, 6.45) is 1.05. The maximum absolute atomic E-state index is 5.32. The summed E-state index contributed by atoms with van der Waals surface area (Å²) < 4.78 is 6.45. The molecule has 50 valence electrons. The molecule has 0 N–H and O–H groups in total. The molecule has 0 aromatic carbocycles. The summed E-state index contributed by atoms with van der Waals surface area (Å²) in [5.74, 6) is 2.11. The molecule has 0 atom stereocenters. The van der Waals surface area contributed by atoms with E-state index in [9.17, 15) is 0 Å². The van der Waals surface area contributed by atoms with E-state index in [0.717, 1.165) is 22.4 Å². The van der Waals surface area contributed by atoms with Gasteiger partial charge in [0.25, 0.3) is 0 Å². The first kappa shape index (κ1) is 7.12. The van der Waals surface area contributed by atoms with Crippen molar-refractivity contribution in [1.82, 2.24) is 0 Å². The Morgan fingerprint density at radius 3 is 2.78 bits per heavy atom. The van der Waals surface area contributed by atoms with Gasteiger partial charge in [0.2, 0.25) is 0 Å². The van der Waals surface area contributed by atoms with E-state index >= 15 is 0 Å². The van der Waals surface area contributed by atoms with E-state index in [2.05, 4.69) is 22.6 Å². The van der Waals surface area contributed by atoms with Gasteiger partial charge < -0.3 is 4.42 Å². The molecule has 1 aromatic rings. The standard InChI is InChI=1S/C7H9IO/c1-6-2-3-7(9-6)4-5-8/h2-3H,4-5H2,1H3. The minimum absolute atomic E-state index is 1.01. The summed E-state index contributed by atoms with van der Waals surface area (Å²) in [5, 5.41) is 0. The Morgan fingerprint density at radius 1 is 1.56 bits per heavy atom. The number of hydrogen-bond acceptors (Lipinski definition) is 1. The molecule has 0 fully saturated rings. The minimum atomic E-state index is 1.01. The number of rotatable bonds is 2. The fourth-order valence-electron chi connectivity index (χ4n) is 0.713. The van der Waals surface area contributed by atoms with E-state index in [1.165, 1.54) is 0 Å². The second-order valence-electron chi connectivity index (χ2n) is 1.95. The van der Waals surface area contributed by atoms with Crippen molar-refractivity contribution in [1.29, 1.82) is 0 Å². The summed E-state index contributed by atoms with van der Waals surface area (Å²) in [5.41, 5.74) is 0. The van der Waals surface area contributed by atoms with Gasteiger partial charge in [-0.25, -0.2) is 0 Å². The highest BCUT2D eigenvalue weighted by molar-refractivity contribution is 14.1. The second-order valence-corrected chi connectivity index (χ2v) is 3.03. The summed E-state index contributed by atoms with van der Waals surface area (Å²) in [6.45, 7) is 1.97. The number of hydrogen-bond donors (Lipinski definition) is 0. The van der Waals surface area contributed by atoms with Crippen LogP contribution in [0.15, 0.2) is 16.5 Å². The molecule has 1 rings (SSSR count). The molecule has 1 nitrogen and oxygen atoms in total. The number of halogens is 1. The predicted molar refractivity (Wildman–Crippen MR) is 46.0 cm³/mol. The lowest BCUT2D eigenvalue weighted by Crippen LogP contribution is -1.78. The summed E-state index contributed by atoms with van der Waals surface area (Å²) in [6, 6.07) is 4.04. The van der Waals surface area contributed by atoms with Crippen LogP contribution in [0.5, 0.6) is 0 Å². The van der Waals surface area contributed by atoms with Crippen LogP contribution in [0, 0.1) is 6.92 Å². The van der Waals surface area contributed by atoms with Crippen LogP contribution in [0.4, 0.5) is 0 Å². The lowest BCUT2D eigenvalue weighted by molar-refractivity contribution is 0.490.